The summed E-state index contributed by atoms with van der Waals surface area (Å²) < 4.78 is 0. The number of rotatable bonds is 5. The zero-order chi connectivity index (χ0) is 18.6. The van der Waals surface area contributed by atoms with Gasteiger partial charge in [0, 0.05) is 19.1 Å². The first-order valence-electron chi connectivity index (χ1n) is 11.7. The van der Waals surface area contributed by atoms with Crippen LogP contribution in [0.3, 0.4) is 0 Å². The van der Waals surface area contributed by atoms with Gasteiger partial charge in [0.2, 0.25) is 5.91 Å². The van der Waals surface area contributed by atoms with Crippen LogP contribution in [0.1, 0.15) is 77.0 Å². The lowest BCUT2D eigenvalue weighted by Crippen LogP contribution is -2.50. The quantitative estimate of drug-likeness (QED) is 0.690. The van der Waals surface area contributed by atoms with Crippen LogP contribution in [0.15, 0.2) is 0 Å². The number of piperidine rings is 1. The van der Waals surface area contributed by atoms with Crippen molar-refractivity contribution in [3.05, 3.63) is 0 Å². The van der Waals surface area contributed by atoms with Gasteiger partial charge in [-0.3, -0.25) is 10.2 Å². The maximum atomic E-state index is 11.3. The van der Waals surface area contributed by atoms with Gasteiger partial charge in [0.15, 0.2) is 0 Å². The van der Waals surface area contributed by atoms with Gasteiger partial charge in [-0.1, -0.05) is 44.9 Å². The van der Waals surface area contributed by atoms with Crippen molar-refractivity contribution in [1.29, 1.82) is 0 Å². The molecule has 0 spiro atoms. The highest BCUT2D eigenvalue weighted by atomic mass is 16.1. The molecule has 2 saturated carbocycles. The summed E-state index contributed by atoms with van der Waals surface area (Å²) in [7, 11) is 0. The number of nitrogens with zero attached hydrogens (tertiary/aromatic N) is 1. The van der Waals surface area contributed by atoms with Gasteiger partial charge < -0.3 is 11.1 Å². The highest BCUT2D eigenvalue weighted by molar-refractivity contribution is 5.79. The summed E-state index contributed by atoms with van der Waals surface area (Å²) in [5, 5.41) is 5.81. The average Bonchev–Trinajstić information content (AvgIpc) is 3.18. The van der Waals surface area contributed by atoms with E-state index in [-0.39, 0.29) is 11.9 Å². The van der Waals surface area contributed by atoms with E-state index >= 15 is 0 Å². The fraction of sp³-hybridized carbons (Fsp3) is 0.955. The lowest BCUT2D eigenvalue weighted by molar-refractivity contribution is -0.120. The van der Waals surface area contributed by atoms with Crippen LogP contribution in [0.25, 0.3) is 0 Å². The van der Waals surface area contributed by atoms with Crippen LogP contribution in [0.5, 0.6) is 0 Å². The fourth-order valence-corrected chi connectivity index (χ4v) is 6.44. The van der Waals surface area contributed by atoms with Crippen molar-refractivity contribution in [1.82, 2.24) is 15.8 Å². The lowest BCUT2D eigenvalue weighted by Gasteiger charge is -2.39. The molecule has 5 unspecified atom stereocenters. The molecule has 0 aromatic heterocycles. The maximum absolute atomic E-state index is 11.3. The van der Waals surface area contributed by atoms with E-state index in [2.05, 4.69) is 15.8 Å². The third kappa shape index (κ3) is 5.04. The van der Waals surface area contributed by atoms with Crippen molar-refractivity contribution in [2.45, 2.75) is 89.1 Å². The first-order valence-corrected chi connectivity index (χ1v) is 11.7. The van der Waals surface area contributed by atoms with E-state index in [0.717, 1.165) is 43.7 Å². The van der Waals surface area contributed by atoms with Gasteiger partial charge in [0.25, 0.3) is 0 Å². The van der Waals surface area contributed by atoms with Crippen molar-refractivity contribution >= 4 is 5.91 Å². The van der Waals surface area contributed by atoms with Gasteiger partial charge in [-0.25, -0.2) is 5.01 Å². The Kier molecular flexibility index (Phi) is 6.72. The topological polar surface area (TPSA) is 70.4 Å². The molecule has 4 N–H and O–H groups in total. The van der Waals surface area contributed by atoms with Gasteiger partial charge in [-0.15, -0.1) is 0 Å². The number of primary amides is 1. The summed E-state index contributed by atoms with van der Waals surface area (Å²) in [4.78, 5) is 11.3. The van der Waals surface area contributed by atoms with Crippen LogP contribution in [-0.2, 0) is 4.79 Å². The molecule has 5 nitrogen and oxygen atoms in total. The SMILES string of the molecule is NC(=O)C1CCC(CN2CCC(C3CCCC(C4CCCCC4)C3)N2)CN1. The van der Waals surface area contributed by atoms with E-state index in [1.165, 1.54) is 70.8 Å². The van der Waals surface area contributed by atoms with Crippen molar-refractivity contribution in [2.24, 2.45) is 29.4 Å². The number of carbonyl (C=O) groups excluding carboxylic acids is 1. The second-order valence-corrected chi connectivity index (χ2v) is 9.86. The van der Waals surface area contributed by atoms with E-state index in [0.29, 0.717) is 12.0 Å². The summed E-state index contributed by atoms with van der Waals surface area (Å²) in [6.07, 6.45) is 16.6. The van der Waals surface area contributed by atoms with Crippen LogP contribution in [-0.4, -0.2) is 42.6 Å². The predicted molar refractivity (Wildman–Crippen MR) is 109 cm³/mol. The van der Waals surface area contributed by atoms with Crippen LogP contribution in [0.4, 0.5) is 0 Å². The third-order valence-electron chi connectivity index (χ3n) is 8.04. The summed E-state index contributed by atoms with van der Waals surface area (Å²) >= 11 is 0. The fourth-order valence-electron chi connectivity index (χ4n) is 6.44. The van der Waals surface area contributed by atoms with Crippen molar-refractivity contribution in [3.8, 4) is 0 Å². The molecule has 0 bridgehead atoms. The van der Waals surface area contributed by atoms with Gasteiger partial charge in [-0.2, -0.15) is 0 Å². The van der Waals surface area contributed by atoms with E-state index in [1.54, 1.807) is 0 Å². The van der Waals surface area contributed by atoms with Gasteiger partial charge in [-0.05, 0) is 62.3 Å². The highest BCUT2D eigenvalue weighted by Gasteiger charge is 2.36. The lowest BCUT2D eigenvalue weighted by atomic mass is 9.69. The Bertz CT molecular complexity index is 485. The van der Waals surface area contributed by atoms with Gasteiger partial charge in [0.05, 0.1) is 6.04 Å². The summed E-state index contributed by atoms with van der Waals surface area (Å²) in [5.41, 5.74) is 9.30. The molecule has 4 rings (SSSR count). The molecule has 0 aromatic carbocycles. The third-order valence-corrected chi connectivity index (χ3v) is 8.04. The number of hydrazine groups is 1. The van der Waals surface area contributed by atoms with E-state index in [9.17, 15) is 4.79 Å². The molecule has 1 amide bonds. The Morgan fingerprint density at radius 1 is 0.889 bits per heavy atom. The minimum absolute atomic E-state index is 0.112. The van der Waals surface area contributed by atoms with Crippen molar-refractivity contribution in [2.75, 3.05) is 19.6 Å². The first-order chi connectivity index (χ1) is 13.2. The number of hydrogen-bond acceptors (Lipinski definition) is 4. The molecule has 5 heteroatoms. The molecule has 2 aliphatic heterocycles. The van der Waals surface area contributed by atoms with E-state index in [4.69, 9.17) is 5.73 Å². The molecule has 27 heavy (non-hydrogen) atoms. The monoisotopic (exact) mass is 376 g/mol. The zero-order valence-electron chi connectivity index (χ0n) is 17.0. The number of nitrogens with two attached hydrogens (primary N) is 1. The van der Waals surface area contributed by atoms with E-state index < -0.39 is 0 Å². The number of hydrogen-bond donors (Lipinski definition) is 3. The predicted octanol–water partition coefficient (Wildman–Crippen LogP) is 2.81. The Hall–Kier alpha value is -0.650. The zero-order valence-corrected chi connectivity index (χ0v) is 17.0. The standard InChI is InChI=1S/C22H40N4O/c23-22(27)21-10-9-16(14-24-21)15-26-12-11-20(25-26)19-8-4-7-18(13-19)17-5-2-1-3-6-17/h16-21,24-25H,1-15H2,(H2,23,27). The normalized spacial score (nSPS) is 39.5. The minimum atomic E-state index is -0.197. The first kappa shape index (κ1) is 19.7. The van der Waals surface area contributed by atoms with Crippen LogP contribution in [0.2, 0.25) is 0 Å². The molecule has 0 radical (unpaired) electrons. The highest BCUT2D eigenvalue weighted by Crippen LogP contribution is 2.42. The summed E-state index contributed by atoms with van der Waals surface area (Å²) in [6, 6.07) is 0.589. The number of carbonyl (C=O) groups is 1. The Balaban J connectivity index is 1.21. The maximum Gasteiger partial charge on any atom is 0.234 e. The molecular weight excluding hydrogens is 336 g/mol. The molecule has 2 saturated heterocycles. The molecule has 0 aromatic rings. The minimum Gasteiger partial charge on any atom is -0.368 e. The average molecular weight is 377 g/mol. The molecular formula is C22H40N4O. The van der Waals surface area contributed by atoms with Gasteiger partial charge in [0.1, 0.15) is 0 Å². The molecule has 2 heterocycles. The Morgan fingerprint density at radius 2 is 1.67 bits per heavy atom. The molecule has 154 valence electrons. The Morgan fingerprint density at radius 3 is 2.41 bits per heavy atom. The molecule has 4 aliphatic rings. The number of nitrogens with one attached hydrogen (secondary N) is 2. The molecule has 2 aliphatic carbocycles. The van der Waals surface area contributed by atoms with E-state index in [1.807, 2.05) is 0 Å². The second kappa shape index (κ2) is 9.23. The number of amides is 1. The summed E-state index contributed by atoms with van der Waals surface area (Å²) in [6.45, 7) is 3.21. The molecule has 4 fully saturated rings. The smallest absolute Gasteiger partial charge is 0.234 e. The Labute approximate surface area is 165 Å². The van der Waals surface area contributed by atoms with Gasteiger partial charge >= 0.3 is 0 Å². The van der Waals surface area contributed by atoms with Crippen LogP contribution >= 0.6 is 0 Å². The van der Waals surface area contributed by atoms with Crippen LogP contribution in [0, 0.1) is 23.7 Å². The largest absolute Gasteiger partial charge is 0.368 e. The van der Waals surface area contributed by atoms with Crippen molar-refractivity contribution in [3.63, 3.8) is 0 Å². The molecule has 5 atom stereocenters. The van der Waals surface area contributed by atoms with Crippen LogP contribution < -0.4 is 16.5 Å². The summed E-state index contributed by atoms with van der Waals surface area (Å²) in [5.74, 6) is 3.36. The van der Waals surface area contributed by atoms with Crippen molar-refractivity contribution < 1.29 is 4.79 Å². The second-order valence-electron chi connectivity index (χ2n) is 9.86.